The molecule has 0 atom stereocenters. The molecule has 0 aliphatic heterocycles. The highest BCUT2D eigenvalue weighted by Crippen LogP contribution is 2.19. The van der Waals surface area contributed by atoms with Gasteiger partial charge >= 0.3 is 5.97 Å². The molecule has 1 heterocycles. The molecule has 2 N–H and O–H groups in total. The molecular weight excluding hydrogens is 264 g/mol. The van der Waals surface area contributed by atoms with Crippen molar-refractivity contribution in [2.45, 2.75) is 13.3 Å². The number of nitrogens with one attached hydrogen (secondary N) is 1. The average Bonchev–Trinajstić information content (AvgIpc) is 2.92. The van der Waals surface area contributed by atoms with Gasteiger partial charge in [0.15, 0.2) is 5.01 Å². The fourth-order valence-corrected chi connectivity index (χ4v) is 2.14. The summed E-state index contributed by atoms with van der Waals surface area (Å²) in [7, 11) is 0. The van der Waals surface area contributed by atoms with Crippen LogP contribution in [0.4, 0.5) is 5.69 Å². The van der Waals surface area contributed by atoms with Crippen LogP contribution in [0.2, 0.25) is 0 Å². The molecule has 1 amide bonds. The zero-order chi connectivity index (χ0) is 13.8. The molecule has 19 heavy (non-hydrogen) atoms. The van der Waals surface area contributed by atoms with Gasteiger partial charge in [-0.2, -0.15) is 0 Å². The van der Waals surface area contributed by atoms with Gasteiger partial charge in [0.1, 0.15) is 0 Å². The number of hydrogen-bond donors (Lipinski definition) is 2. The van der Waals surface area contributed by atoms with Crippen molar-refractivity contribution < 1.29 is 14.7 Å². The Morgan fingerprint density at radius 1 is 1.42 bits per heavy atom. The molecular formula is C13H12N2O3S. The van der Waals surface area contributed by atoms with E-state index in [1.54, 1.807) is 23.6 Å². The minimum Gasteiger partial charge on any atom is -0.478 e. The first kappa shape index (κ1) is 13.2. The van der Waals surface area contributed by atoms with Gasteiger partial charge in [-0.1, -0.05) is 13.0 Å². The van der Waals surface area contributed by atoms with Crippen LogP contribution >= 0.6 is 11.3 Å². The number of nitrogens with zero attached hydrogens (tertiary/aromatic N) is 1. The number of hydrogen-bond acceptors (Lipinski definition) is 4. The molecule has 0 aliphatic carbocycles. The van der Waals surface area contributed by atoms with Gasteiger partial charge in [-0.3, -0.25) is 4.79 Å². The molecule has 0 fully saturated rings. The SMILES string of the molecule is CCc1ccc(NC(=O)c2nccs2)c(C(=O)O)c1. The first-order valence-electron chi connectivity index (χ1n) is 5.69. The highest BCUT2D eigenvalue weighted by molar-refractivity contribution is 7.11. The van der Waals surface area contributed by atoms with Crippen LogP contribution in [-0.2, 0) is 6.42 Å². The number of benzene rings is 1. The van der Waals surface area contributed by atoms with Crippen LogP contribution in [0.1, 0.15) is 32.6 Å². The van der Waals surface area contributed by atoms with Crippen molar-refractivity contribution in [3.8, 4) is 0 Å². The molecule has 0 radical (unpaired) electrons. The predicted octanol–water partition coefficient (Wildman–Crippen LogP) is 2.66. The maximum Gasteiger partial charge on any atom is 0.337 e. The first-order chi connectivity index (χ1) is 9.11. The van der Waals surface area contributed by atoms with E-state index in [0.29, 0.717) is 5.01 Å². The zero-order valence-corrected chi connectivity index (χ0v) is 11.0. The Morgan fingerprint density at radius 2 is 2.21 bits per heavy atom. The summed E-state index contributed by atoms with van der Waals surface area (Å²) in [5, 5.41) is 13.7. The summed E-state index contributed by atoms with van der Waals surface area (Å²) in [5.41, 5.74) is 1.28. The Bertz CT molecular complexity index is 608. The normalized spacial score (nSPS) is 10.2. The summed E-state index contributed by atoms with van der Waals surface area (Å²) >= 11 is 1.20. The summed E-state index contributed by atoms with van der Waals surface area (Å²) in [4.78, 5) is 26.9. The minimum atomic E-state index is -1.07. The van der Waals surface area contributed by atoms with Crippen molar-refractivity contribution >= 4 is 28.9 Å². The minimum absolute atomic E-state index is 0.0873. The summed E-state index contributed by atoms with van der Waals surface area (Å²) in [6.45, 7) is 1.94. The van der Waals surface area contributed by atoms with Gasteiger partial charge in [-0.15, -0.1) is 11.3 Å². The lowest BCUT2D eigenvalue weighted by Crippen LogP contribution is -2.14. The lowest BCUT2D eigenvalue weighted by atomic mass is 10.1. The van der Waals surface area contributed by atoms with Gasteiger partial charge in [0.05, 0.1) is 11.3 Å². The van der Waals surface area contributed by atoms with Crippen molar-refractivity contribution in [3.63, 3.8) is 0 Å². The van der Waals surface area contributed by atoms with Gasteiger partial charge in [-0.25, -0.2) is 9.78 Å². The molecule has 0 bridgehead atoms. The maximum absolute atomic E-state index is 11.8. The lowest BCUT2D eigenvalue weighted by molar-refractivity contribution is 0.0698. The van der Waals surface area contributed by atoms with E-state index in [4.69, 9.17) is 5.11 Å². The standard InChI is InChI=1S/C13H12N2O3S/c1-2-8-3-4-10(9(7-8)13(17)18)15-11(16)12-14-5-6-19-12/h3-7H,2H2,1H3,(H,15,16)(H,17,18). The number of aryl methyl sites for hydroxylation is 1. The molecule has 0 saturated carbocycles. The van der Waals surface area contributed by atoms with Gasteiger partial charge in [0.25, 0.3) is 5.91 Å². The van der Waals surface area contributed by atoms with Crippen LogP contribution in [0, 0.1) is 0 Å². The predicted molar refractivity (Wildman–Crippen MR) is 72.8 cm³/mol. The second-order valence-corrected chi connectivity index (χ2v) is 4.72. The Labute approximate surface area is 113 Å². The lowest BCUT2D eigenvalue weighted by Gasteiger charge is -2.08. The summed E-state index contributed by atoms with van der Waals surface area (Å²) < 4.78 is 0. The van der Waals surface area contributed by atoms with Crippen LogP contribution < -0.4 is 5.32 Å². The smallest absolute Gasteiger partial charge is 0.337 e. The Kier molecular flexibility index (Phi) is 3.91. The van der Waals surface area contributed by atoms with Crippen molar-refractivity contribution in [2.24, 2.45) is 0 Å². The Balaban J connectivity index is 2.29. The van der Waals surface area contributed by atoms with E-state index in [0.717, 1.165) is 12.0 Å². The number of carbonyl (C=O) groups excluding carboxylic acids is 1. The fraction of sp³-hybridized carbons (Fsp3) is 0.154. The molecule has 0 saturated heterocycles. The van der Waals surface area contributed by atoms with Crippen LogP contribution in [0.25, 0.3) is 0 Å². The van der Waals surface area contributed by atoms with Crippen molar-refractivity contribution in [2.75, 3.05) is 5.32 Å². The number of carboxylic acid groups (broad SMARTS) is 1. The number of thiazole rings is 1. The van der Waals surface area contributed by atoms with E-state index < -0.39 is 11.9 Å². The highest BCUT2D eigenvalue weighted by Gasteiger charge is 2.15. The van der Waals surface area contributed by atoms with Gasteiger partial charge in [0.2, 0.25) is 0 Å². The molecule has 98 valence electrons. The quantitative estimate of drug-likeness (QED) is 0.899. The molecule has 1 aromatic heterocycles. The van der Waals surface area contributed by atoms with E-state index in [9.17, 15) is 9.59 Å². The molecule has 0 spiro atoms. The average molecular weight is 276 g/mol. The third kappa shape index (κ3) is 2.97. The third-order valence-electron chi connectivity index (χ3n) is 2.60. The monoisotopic (exact) mass is 276 g/mol. The number of carboxylic acids is 1. The molecule has 1 aromatic carbocycles. The molecule has 0 unspecified atom stereocenters. The molecule has 2 aromatic rings. The van der Waals surface area contributed by atoms with E-state index in [1.165, 1.54) is 17.5 Å². The second-order valence-electron chi connectivity index (χ2n) is 3.83. The number of rotatable bonds is 4. The Morgan fingerprint density at radius 3 is 2.79 bits per heavy atom. The topological polar surface area (TPSA) is 79.3 Å². The van der Waals surface area contributed by atoms with E-state index in [-0.39, 0.29) is 11.3 Å². The number of anilines is 1. The van der Waals surface area contributed by atoms with Crippen molar-refractivity contribution in [1.82, 2.24) is 4.98 Å². The van der Waals surface area contributed by atoms with Crippen LogP contribution in [0.15, 0.2) is 29.8 Å². The summed E-state index contributed by atoms with van der Waals surface area (Å²) in [6, 6.07) is 4.97. The molecule has 6 heteroatoms. The Hall–Kier alpha value is -2.21. The van der Waals surface area contributed by atoms with E-state index in [1.807, 2.05) is 6.92 Å². The maximum atomic E-state index is 11.8. The summed E-state index contributed by atoms with van der Waals surface area (Å²) in [5.74, 6) is -1.47. The first-order valence-corrected chi connectivity index (χ1v) is 6.57. The van der Waals surface area contributed by atoms with Crippen molar-refractivity contribution in [1.29, 1.82) is 0 Å². The summed E-state index contributed by atoms with van der Waals surface area (Å²) in [6.07, 6.45) is 2.26. The number of aromatic carboxylic acids is 1. The van der Waals surface area contributed by atoms with Gasteiger partial charge in [-0.05, 0) is 24.1 Å². The third-order valence-corrected chi connectivity index (χ3v) is 3.37. The number of carbonyl (C=O) groups is 2. The van der Waals surface area contributed by atoms with E-state index in [2.05, 4.69) is 10.3 Å². The molecule has 2 rings (SSSR count). The number of aromatic nitrogens is 1. The van der Waals surface area contributed by atoms with Crippen LogP contribution in [-0.4, -0.2) is 22.0 Å². The van der Waals surface area contributed by atoms with Gasteiger partial charge in [0, 0.05) is 11.6 Å². The second kappa shape index (κ2) is 5.62. The van der Waals surface area contributed by atoms with Crippen molar-refractivity contribution in [3.05, 3.63) is 45.9 Å². The molecule has 0 aliphatic rings. The van der Waals surface area contributed by atoms with E-state index >= 15 is 0 Å². The largest absolute Gasteiger partial charge is 0.478 e. The number of amides is 1. The zero-order valence-electron chi connectivity index (χ0n) is 10.2. The van der Waals surface area contributed by atoms with Gasteiger partial charge < -0.3 is 10.4 Å². The fourth-order valence-electron chi connectivity index (χ4n) is 1.61. The highest BCUT2D eigenvalue weighted by atomic mass is 32.1. The van der Waals surface area contributed by atoms with Crippen LogP contribution in [0.5, 0.6) is 0 Å². The van der Waals surface area contributed by atoms with Crippen LogP contribution in [0.3, 0.4) is 0 Å². The molecule has 5 nitrogen and oxygen atoms in total.